The van der Waals surface area contributed by atoms with E-state index in [4.69, 9.17) is 9.52 Å². The Morgan fingerprint density at radius 1 is 1.21 bits per heavy atom. The first-order valence-electron chi connectivity index (χ1n) is 5.95. The first-order valence-corrected chi connectivity index (χ1v) is 5.95. The van der Waals surface area contributed by atoms with E-state index in [1.165, 1.54) is 19.3 Å². The Morgan fingerprint density at radius 3 is 2.32 bits per heavy atom. The Bertz CT molecular complexity index is 603. The standard InChI is InChI=1S/C15H16O4/c1-9-6-10(2)8-11(7-9)15(3,18)13-12(14(16)17)4-5-19-13/h4-8,18H,1-3H3,(H,16,17). The molecule has 0 saturated carbocycles. The minimum absolute atomic E-state index is 0.0239. The Balaban J connectivity index is 2.58. The molecule has 0 aliphatic carbocycles. The lowest BCUT2D eigenvalue weighted by Gasteiger charge is -2.23. The number of hydrogen-bond acceptors (Lipinski definition) is 3. The summed E-state index contributed by atoms with van der Waals surface area (Å²) >= 11 is 0. The van der Waals surface area contributed by atoms with E-state index in [1.807, 2.05) is 32.0 Å². The summed E-state index contributed by atoms with van der Waals surface area (Å²) in [6.45, 7) is 5.38. The number of rotatable bonds is 3. The number of carbonyl (C=O) groups is 1. The largest absolute Gasteiger partial charge is 0.478 e. The predicted octanol–water partition coefficient (Wildman–Crippen LogP) is 2.85. The van der Waals surface area contributed by atoms with Crippen molar-refractivity contribution in [2.75, 3.05) is 0 Å². The van der Waals surface area contributed by atoms with Crippen LogP contribution in [0.4, 0.5) is 0 Å². The van der Waals surface area contributed by atoms with Gasteiger partial charge in [0.05, 0.1) is 6.26 Å². The molecule has 4 nitrogen and oxygen atoms in total. The molecule has 0 bridgehead atoms. The molecule has 19 heavy (non-hydrogen) atoms. The van der Waals surface area contributed by atoms with Gasteiger partial charge in [-0.1, -0.05) is 29.3 Å². The normalized spacial score (nSPS) is 14.1. The van der Waals surface area contributed by atoms with E-state index in [-0.39, 0.29) is 11.3 Å². The van der Waals surface area contributed by atoms with Crippen molar-refractivity contribution in [3.05, 3.63) is 58.5 Å². The Kier molecular flexibility index (Phi) is 3.20. The van der Waals surface area contributed by atoms with Crippen LogP contribution in [0.5, 0.6) is 0 Å². The van der Waals surface area contributed by atoms with Crippen LogP contribution in [0.2, 0.25) is 0 Å². The van der Waals surface area contributed by atoms with Crippen LogP contribution in [0, 0.1) is 13.8 Å². The van der Waals surface area contributed by atoms with Crippen LogP contribution < -0.4 is 0 Å². The predicted molar refractivity (Wildman–Crippen MR) is 70.3 cm³/mol. The summed E-state index contributed by atoms with van der Waals surface area (Å²) < 4.78 is 5.19. The number of aryl methyl sites for hydroxylation is 2. The summed E-state index contributed by atoms with van der Waals surface area (Å²) in [5.41, 5.74) is 1.11. The second-order valence-electron chi connectivity index (χ2n) is 4.92. The highest BCUT2D eigenvalue weighted by Crippen LogP contribution is 2.33. The van der Waals surface area contributed by atoms with Crippen LogP contribution in [-0.2, 0) is 5.60 Å². The summed E-state index contributed by atoms with van der Waals surface area (Å²) in [6.07, 6.45) is 1.27. The monoisotopic (exact) mass is 260 g/mol. The lowest BCUT2D eigenvalue weighted by Crippen LogP contribution is -2.25. The molecule has 0 aliphatic heterocycles. The first kappa shape index (κ1) is 13.4. The van der Waals surface area contributed by atoms with E-state index in [2.05, 4.69) is 0 Å². The quantitative estimate of drug-likeness (QED) is 0.890. The van der Waals surface area contributed by atoms with Crippen molar-refractivity contribution in [2.24, 2.45) is 0 Å². The lowest BCUT2D eigenvalue weighted by atomic mass is 9.89. The highest BCUT2D eigenvalue weighted by atomic mass is 16.4. The SMILES string of the molecule is Cc1cc(C)cc(C(C)(O)c2occc2C(=O)O)c1. The molecule has 2 aromatic rings. The number of aromatic carboxylic acids is 1. The molecule has 0 fully saturated rings. The third-order valence-electron chi connectivity index (χ3n) is 3.12. The van der Waals surface area contributed by atoms with Crippen LogP contribution >= 0.6 is 0 Å². The minimum Gasteiger partial charge on any atom is -0.478 e. The molecular weight excluding hydrogens is 244 g/mol. The zero-order valence-electron chi connectivity index (χ0n) is 11.1. The van der Waals surface area contributed by atoms with Crippen molar-refractivity contribution in [1.29, 1.82) is 0 Å². The summed E-state index contributed by atoms with van der Waals surface area (Å²) in [6, 6.07) is 6.97. The molecule has 1 unspecified atom stereocenters. The molecule has 1 heterocycles. The molecule has 0 saturated heterocycles. The zero-order chi connectivity index (χ0) is 14.2. The van der Waals surface area contributed by atoms with E-state index < -0.39 is 11.6 Å². The van der Waals surface area contributed by atoms with E-state index >= 15 is 0 Å². The maximum Gasteiger partial charge on any atom is 0.339 e. The van der Waals surface area contributed by atoms with Crippen LogP contribution in [0.3, 0.4) is 0 Å². The van der Waals surface area contributed by atoms with E-state index in [9.17, 15) is 9.90 Å². The van der Waals surface area contributed by atoms with Gasteiger partial charge < -0.3 is 14.6 Å². The van der Waals surface area contributed by atoms with Gasteiger partial charge in [0.25, 0.3) is 0 Å². The van der Waals surface area contributed by atoms with Gasteiger partial charge in [0.1, 0.15) is 11.2 Å². The molecule has 1 aromatic carbocycles. The number of furan rings is 1. The van der Waals surface area contributed by atoms with Gasteiger partial charge in [0.15, 0.2) is 5.76 Å². The smallest absolute Gasteiger partial charge is 0.339 e. The van der Waals surface area contributed by atoms with E-state index in [0.717, 1.165) is 11.1 Å². The van der Waals surface area contributed by atoms with Gasteiger partial charge >= 0.3 is 5.97 Å². The second kappa shape index (κ2) is 4.55. The number of aliphatic hydroxyl groups is 1. The number of carboxylic acids is 1. The summed E-state index contributed by atoms with van der Waals surface area (Å²) in [5, 5.41) is 19.8. The molecular formula is C15H16O4. The minimum atomic E-state index is -1.48. The molecule has 0 amide bonds. The molecule has 4 heteroatoms. The molecule has 0 spiro atoms. The lowest BCUT2D eigenvalue weighted by molar-refractivity contribution is 0.0615. The molecule has 0 radical (unpaired) electrons. The third-order valence-corrected chi connectivity index (χ3v) is 3.12. The highest BCUT2D eigenvalue weighted by molar-refractivity contribution is 5.89. The molecule has 100 valence electrons. The summed E-state index contributed by atoms with van der Waals surface area (Å²) in [7, 11) is 0. The number of hydrogen-bond donors (Lipinski definition) is 2. The van der Waals surface area contributed by atoms with E-state index in [1.54, 1.807) is 0 Å². The van der Waals surface area contributed by atoms with Crippen LogP contribution in [0.15, 0.2) is 34.9 Å². The van der Waals surface area contributed by atoms with Crippen molar-refractivity contribution in [1.82, 2.24) is 0 Å². The number of benzene rings is 1. The fourth-order valence-corrected chi connectivity index (χ4v) is 2.24. The summed E-state index contributed by atoms with van der Waals surface area (Å²) in [4.78, 5) is 11.1. The van der Waals surface area contributed by atoms with Gasteiger partial charge in [-0.05, 0) is 32.4 Å². The Hall–Kier alpha value is -2.07. The molecule has 1 atom stereocenters. The maximum atomic E-state index is 11.1. The molecule has 1 aromatic heterocycles. The van der Waals surface area contributed by atoms with Gasteiger partial charge in [-0.3, -0.25) is 0 Å². The Labute approximate surface area is 111 Å². The van der Waals surface area contributed by atoms with Crippen LogP contribution in [0.25, 0.3) is 0 Å². The van der Waals surface area contributed by atoms with Gasteiger partial charge in [-0.25, -0.2) is 4.79 Å². The van der Waals surface area contributed by atoms with Crippen LogP contribution in [0.1, 0.15) is 39.7 Å². The van der Waals surface area contributed by atoms with Crippen molar-refractivity contribution < 1.29 is 19.4 Å². The average Bonchev–Trinajstić information content (AvgIpc) is 2.76. The van der Waals surface area contributed by atoms with Crippen molar-refractivity contribution in [2.45, 2.75) is 26.4 Å². The third kappa shape index (κ3) is 2.39. The second-order valence-corrected chi connectivity index (χ2v) is 4.92. The van der Waals surface area contributed by atoms with Crippen molar-refractivity contribution in [3.63, 3.8) is 0 Å². The maximum absolute atomic E-state index is 11.1. The van der Waals surface area contributed by atoms with Gasteiger partial charge in [-0.15, -0.1) is 0 Å². The van der Waals surface area contributed by atoms with Crippen molar-refractivity contribution >= 4 is 5.97 Å². The fraction of sp³-hybridized carbons (Fsp3) is 0.267. The van der Waals surface area contributed by atoms with Crippen molar-refractivity contribution in [3.8, 4) is 0 Å². The highest BCUT2D eigenvalue weighted by Gasteiger charge is 2.34. The molecule has 2 N–H and O–H groups in total. The zero-order valence-corrected chi connectivity index (χ0v) is 11.1. The molecule has 0 aliphatic rings. The first-order chi connectivity index (χ1) is 8.82. The number of carboxylic acid groups (broad SMARTS) is 1. The van der Waals surface area contributed by atoms with Gasteiger partial charge in [-0.2, -0.15) is 0 Å². The average molecular weight is 260 g/mol. The van der Waals surface area contributed by atoms with E-state index in [0.29, 0.717) is 5.56 Å². The fourth-order valence-electron chi connectivity index (χ4n) is 2.24. The van der Waals surface area contributed by atoms with Gasteiger partial charge in [0, 0.05) is 0 Å². The topological polar surface area (TPSA) is 70.7 Å². The molecule has 2 rings (SSSR count). The Morgan fingerprint density at radius 2 is 1.79 bits per heavy atom. The van der Waals surface area contributed by atoms with Gasteiger partial charge in [0.2, 0.25) is 0 Å². The van der Waals surface area contributed by atoms with Crippen LogP contribution in [-0.4, -0.2) is 16.2 Å². The summed E-state index contributed by atoms with van der Waals surface area (Å²) in [5.74, 6) is -1.07.